The van der Waals surface area contributed by atoms with Crippen molar-refractivity contribution < 1.29 is 49.2 Å². The zero-order valence-corrected chi connectivity index (χ0v) is 17.0. The molecular formula is C14H14NaO4PS2. The van der Waals surface area contributed by atoms with E-state index in [0.29, 0.717) is 27.7 Å². The van der Waals surface area contributed by atoms with Gasteiger partial charge in [-0.3, -0.25) is 4.57 Å². The third-order valence-corrected chi connectivity index (χ3v) is 8.08. The number of phenols is 1. The minimum atomic E-state index is -3.75. The van der Waals surface area contributed by atoms with Crippen molar-refractivity contribution in [1.29, 1.82) is 0 Å². The van der Waals surface area contributed by atoms with Gasteiger partial charge >= 0.3 is 35.3 Å². The fraction of sp³-hybridized carbons (Fsp3) is 0.143. The van der Waals surface area contributed by atoms with E-state index in [0.717, 1.165) is 11.1 Å². The first kappa shape index (κ1) is 20.0. The van der Waals surface area contributed by atoms with E-state index in [1.807, 2.05) is 6.92 Å². The molecule has 0 aliphatic heterocycles. The summed E-state index contributed by atoms with van der Waals surface area (Å²) in [5.41, 5.74) is 1.67. The number of phenolic OH excluding ortho intramolecular Hbond substituents is 1. The Morgan fingerprint density at radius 2 is 1.50 bits per heavy atom. The zero-order chi connectivity index (χ0) is 15.6. The molecule has 0 bridgehead atoms. The van der Waals surface area contributed by atoms with Crippen molar-refractivity contribution in [3.63, 3.8) is 0 Å². The predicted molar refractivity (Wildman–Crippen MR) is 85.0 cm³/mol. The third kappa shape index (κ3) is 5.53. The van der Waals surface area contributed by atoms with E-state index in [2.05, 4.69) is 0 Å². The molecule has 8 heteroatoms. The van der Waals surface area contributed by atoms with E-state index >= 15 is 0 Å². The molecule has 2 aromatic carbocycles. The summed E-state index contributed by atoms with van der Waals surface area (Å²) in [7, 11) is 0. The molecule has 2 aromatic rings. The van der Waals surface area contributed by atoms with Crippen LogP contribution in [0.2, 0.25) is 0 Å². The summed E-state index contributed by atoms with van der Waals surface area (Å²) < 4.78 is 12.3. The van der Waals surface area contributed by atoms with Gasteiger partial charge in [0, 0.05) is 4.90 Å². The van der Waals surface area contributed by atoms with Gasteiger partial charge in [0.15, 0.2) is 0 Å². The third-order valence-electron chi connectivity index (χ3n) is 2.64. The maximum absolute atomic E-state index is 12.3. The van der Waals surface area contributed by atoms with Crippen molar-refractivity contribution in [1.82, 2.24) is 0 Å². The van der Waals surface area contributed by atoms with E-state index in [4.69, 9.17) is 0 Å². The molecule has 2 rings (SSSR count). The number of benzene rings is 2. The van der Waals surface area contributed by atoms with Crippen molar-refractivity contribution in [2.24, 2.45) is 0 Å². The molecular weight excluding hydrogens is 350 g/mol. The summed E-state index contributed by atoms with van der Waals surface area (Å²) in [6.07, 6.45) is 0. The molecule has 0 aliphatic rings. The molecule has 112 valence electrons. The van der Waals surface area contributed by atoms with E-state index in [9.17, 15) is 19.7 Å². The monoisotopic (exact) mass is 364 g/mol. The van der Waals surface area contributed by atoms with Crippen LogP contribution in [0.5, 0.6) is 11.5 Å². The Bertz CT molecular complexity index is 666. The van der Waals surface area contributed by atoms with Gasteiger partial charge in [-0.2, -0.15) is 0 Å². The molecule has 4 nitrogen and oxygen atoms in total. The van der Waals surface area contributed by atoms with Gasteiger partial charge < -0.3 is 15.1 Å². The number of rotatable bonds is 4. The van der Waals surface area contributed by atoms with Crippen molar-refractivity contribution >= 4 is 28.5 Å². The van der Waals surface area contributed by atoms with Crippen molar-refractivity contribution in [2.75, 3.05) is 0 Å². The molecule has 1 atom stereocenters. The number of hydrogen-bond acceptors (Lipinski definition) is 5. The van der Waals surface area contributed by atoms with Crippen molar-refractivity contribution in [2.45, 2.75) is 23.6 Å². The van der Waals surface area contributed by atoms with Crippen LogP contribution < -0.4 is 34.7 Å². The summed E-state index contributed by atoms with van der Waals surface area (Å²) in [6, 6.07) is 9.55. The van der Waals surface area contributed by atoms with E-state index in [1.165, 1.54) is 12.1 Å². The van der Waals surface area contributed by atoms with Gasteiger partial charge in [-0.05, 0) is 60.4 Å². The maximum Gasteiger partial charge on any atom is 1.00 e. The van der Waals surface area contributed by atoms with Crippen LogP contribution >= 0.6 is 28.5 Å². The Morgan fingerprint density at radius 3 is 2.05 bits per heavy atom. The largest absolute Gasteiger partial charge is 1.00 e. The van der Waals surface area contributed by atoms with E-state index in [1.54, 1.807) is 31.2 Å². The van der Waals surface area contributed by atoms with Gasteiger partial charge in [-0.15, -0.1) is 0 Å². The van der Waals surface area contributed by atoms with Crippen molar-refractivity contribution in [3.8, 4) is 11.5 Å². The maximum atomic E-state index is 12.3. The SMILES string of the molecule is Cc1ccc(SP(=O)(O)Sc2ccc(C)cc2O)c([O-])c1.[Na+]. The first-order valence-electron chi connectivity index (χ1n) is 6.06. The average molecular weight is 364 g/mol. The number of hydrogen-bond donors (Lipinski definition) is 2. The fourth-order valence-corrected chi connectivity index (χ4v) is 7.06. The van der Waals surface area contributed by atoms with Crippen LogP contribution in [0.3, 0.4) is 0 Å². The minimum Gasteiger partial charge on any atom is -0.872 e. The van der Waals surface area contributed by atoms with Gasteiger partial charge in [0.1, 0.15) is 5.75 Å². The Morgan fingerprint density at radius 1 is 1.00 bits per heavy atom. The average Bonchev–Trinajstić information content (AvgIpc) is 2.36. The van der Waals surface area contributed by atoms with Gasteiger partial charge in [-0.1, -0.05) is 29.5 Å². The van der Waals surface area contributed by atoms with Crippen LogP contribution in [0.1, 0.15) is 11.1 Å². The molecule has 0 fully saturated rings. The predicted octanol–water partition coefficient (Wildman–Crippen LogP) is 1.07. The molecule has 0 aromatic heterocycles. The van der Waals surface area contributed by atoms with Crippen molar-refractivity contribution in [3.05, 3.63) is 47.5 Å². The quantitative estimate of drug-likeness (QED) is 0.624. The number of aryl methyl sites for hydroxylation is 2. The van der Waals surface area contributed by atoms with Gasteiger partial charge in [0.05, 0.1) is 4.90 Å². The van der Waals surface area contributed by atoms with Crippen LogP contribution in [-0.4, -0.2) is 10.00 Å². The Labute approximate surface area is 159 Å². The van der Waals surface area contributed by atoms with Gasteiger partial charge in [0.25, 0.3) is 0 Å². The number of aromatic hydroxyl groups is 1. The molecule has 0 saturated heterocycles. The summed E-state index contributed by atoms with van der Waals surface area (Å²) in [5.74, 6) is -4.06. The second-order valence-corrected chi connectivity index (χ2v) is 11.5. The van der Waals surface area contributed by atoms with E-state index < -0.39 is 5.77 Å². The molecule has 0 saturated carbocycles. The van der Waals surface area contributed by atoms with Crippen LogP contribution in [-0.2, 0) is 4.57 Å². The second kappa shape index (κ2) is 8.15. The summed E-state index contributed by atoms with van der Waals surface area (Å²) >= 11 is 1.31. The first-order chi connectivity index (χ1) is 9.77. The van der Waals surface area contributed by atoms with Crippen LogP contribution in [0.4, 0.5) is 0 Å². The van der Waals surface area contributed by atoms with Crippen LogP contribution in [0, 0.1) is 13.8 Å². The minimum absolute atomic E-state index is 0. The molecule has 0 aliphatic carbocycles. The van der Waals surface area contributed by atoms with Crippen LogP contribution in [0.15, 0.2) is 46.2 Å². The molecule has 0 spiro atoms. The van der Waals surface area contributed by atoms with Crippen LogP contribution in [0.25, 0.3) is 0 Å². The summed E-state index contributed by atoms with van der Waals surface area (Å²) in [4.78, 5) is 10.6. The summed E-state index contributed by atoms with van der Waals surface area (Å²) in [6.45, 7) is 3.60. The van der Waals surface area contributed by atoms with Gasteiger partial charge in [-0.25, -0.2) is 0 Å². The zero-order valence-electron chi connectivity index (χ0n) is 12.4. The van der Waals surface area contributed by atoms with E-state index in [-0.39, 0.29) is 46.0 Å². The Hall–Kier alpha value is -0.0700. The fourth-order valence-electron chi connectivity index (χ4n) is 1.66. The van der Waals surface area contributed by atoms with Gasteiger partial charge in [0.2, 0.25) is 0 Å². The second-order valence-electron chi connectivity index (χ2n) is 4.57. The molecule has 0 amide bonds. The first-order valence-corrected chi connectivity index (χ1v) is 10.6. The standard InChI is InChI=1S/C14H15O4PS2.Na/c1-9-3-5-13(11(15)7-9)20-19(17,18)21-14-6-4-10(2)8-12(14)16;/h3-8,15-16H,1-2H3,(H,17,18);/q;+1/p-1. The topological polar surface area (TPSA) is 80.6 Å². The molecule has 0 heterocycles. The smallest absolute Gasteiger partial charge is 0.872 e. The molecule has 0 radical (unpaired) electrons. The molecule has 2 N–H and O–H groups in total. The Balaban J connectivity index is 0.00000242. The molecule has 22 heavy (non-hydrogen) atoms. The Kier molecular flexibility index (Phi) is 7.40. The normalized spacial score (nSPS) is 13.2. The molecule has 1 unspecified atom stereocenters. The summed E-state index contributed by atoms with van der Waals surface area (Å²) in [5, 5.41) is 21.6.